The lowest BCUT2D eigenvalue weighted by Gasteiger charge is -2.19. The van der Waals surface area contributed by atoms with Crippen LogP contribution >= 0.6 is 0 Å². The Hall–Kier alpha value is -4.12. The van der Waals surface area contributed by atoms with Crippen molar-refractivity contribution in [2.75, 3.05) is 28.6 Å². The van der Waals surface area contributed by atoms with Crippen LogP contribution in [0.2, 0.25) is 0 Å². The SMILES string of the molecule is CC(=O)Nc1cc(NC(=O)c2ccccc2NS(=O)(=O)c2ccc3c(c2)OCCO3)ccc1F. The number of amides is 2. The van der Waals surface area contributed by atoms with Gasteiger partial charge in [-0.3, -0.25) is 14.3 Å². The molecule has 0 aromatic heterocycles. The molecule has 0 radical (unpaired) electrons. The van der Waals surface area contributed by atoms with E-state index in [1.807, 2.05) is 0 Å². The van der Waals surface area contributed by atoms with E-state index >= 15 is 0 Å². The minimum absolute atomic E-state index is 0.0361. The highest BCUT2D eigenvalue weighted by Crippen LogP contribution is 2.33. The Bertz CT molecular complexity index is 1380. The maximum atomic E-state index is 13.9. The maximum Gasteiger partial charge on any atom is 0.262 e. The number of para-hydroxylation sites is 1. The number of hydrogen-bond acceptors (Lipinski definition) is 6. The van der Waals surface area contributed by atoms with Crippen LogP contribution in [0, 0.1) is 5.82 Å². The van der Waals surface area contributed by atoms with E-state index in [-0.39, 0.29) is 27.5 Å². The monoisotopic (exact) mass is 485 g/mol. The summed E-state index contributed by atoms with van der Waals surface area (Å²) in [6.07, 6.45) is 0. The second kappa shape index (κ2) is 9.40. The van der Waals surface area contributed by atoms with Crippen molar-refractivity contribution < 1.29 is 31.9 Å². The molecule has 34 heavy (non-hydrogen) atoms. The van der Waals surface area contributed by atoms with Gasteiger partial charge in [0.05, 0.1) is 21.8 Å². The maximum absolute atomic E-state index is 13.9. The van der Waals surface area contributed by atoms with Gasteiger partial charge in [0, 0.05) is 18.7 Å². The van der Waals surface area contributed by atoms with Crippen molar-refractivity contribution in [3.05, 3.63) is 72.0 Å². The smallest absolute Gasteiger partial charge is 0.262 e. The Morgan fingerprint density at radius 1 is 0.882 bits per heavy atom. The summed E-state index contributed by atoms with van der Waals surface area (Å²) in [5.74, 6) is -1.02. The van der Waals surface area contributed by atoms with Crippen LogP contribution < -0.4 is 24.8 Å². The number of carbonyl (C=O) groups is 2. The topological polar surface area (TPSA) is 123 Å². The first-order valence-corrected chi connectivity index (χ1v) is 11.6. The Kier molecular flexibility index (Phi) is 6.37. The zero-order valence-corrected chi connectivity index (χ0v) is 18.7. The summed E-state index contributed by atoms with van der Waals surface area (Å²) >= 11 is 0. The van der Waals surface area contributed by atoms with Gasteiger partial charge in [0.2, 0.25) is 5.91 Å². The van der Waals surface area contributed by atoms with E-state index in [2.05, 4.69) is 15.4 Å². The van der Waals surface area contributed by atoms with Crippen molar-refractivity contribution in [3.63, 3.8) is 0 Å². The lowest BCUT2D eigenvalue weighted by atomic mass is 10.1. The third-order valence-corrected chi connectivity index (χ3v) is 6.14. The summed E-state index contributed by atoms with van der Waals surface area (Å²) < 4.78 is 53.1. The predicted molar refractivity (Wildman–Crippen MR) is 123 cm³/mol. The molecule has 4 rings (SSSR count). The molecule has 0 atom stereocenters. The third kappa shape index (κ3) is 5.09. The first-order chi connectivity index (χ1) is 16.2. The highest BCUT2D eigenvalue weighted by molar-refractivity contribution is 7.92. The number of carbonyl (C=O) groups excluding carboxylic acids is 2. The fourth-order valence-electron chi connectivity index (χ4n) is 3.25. The normalized spacial score (nSPS) is 12.5. The van der Waals surface area contributed by atoms with Gasteiger partial charge in [-0.05, 0) is 42.5 Å². The first kappa shape index (κ1) is 23.1. The molecule has 11 heteroatoms. The molecule has 2 amide bonds. The third-order valence-electron chi connectivity index (χ3n) is 4.77. The van der Waals surface area contributed by atoms with Gasteiger partial charge >= 0.3 is 0 Å². The highest BCUT2D eigenvalue weighted by atomic mass is 32.2. The van der Waals surface area contributed by atoms with Crippen molar-refractivity contribution in [1.29, 1.82) is 0 Å². The minimum Gasteiger partial charge on any atom is -0.486 e. The molecular weight excluding hydrogens is 465 g/mol. The molecule has 9 nitrogen and oxygen atoms in total. The van der Waals surface area contributed by atoms with Crippen molar-refractivity contribution in [2.24, 2.45) is 0 Å². The van der Waals surface area contributed by atoms with Crippen molar-refractivity contribution in [2.45, 2.75) is 11.8 Å². The summed E-state index contributed by atoms with van der Waals surface area (Å²) in [4.78, 5) is 24.1. The number of fused-ring (bicyclic) bond motifs is 1. The van der Waals surface area contributed by atoms with Crippen molar-refractivity contribution in [3.8, 4) is 11.5 Å². The average molecular weight is 485 g/mol. The van der Waals surface area contributed by atoms with Gasteiger partial charge in [0.15, 0.2) is 11.5 Å². The van der Waals surface area contributed by atoms with Gasteiger partial charge in [-0.1, -0.05) is 12.1 Å². The Morgan fingerprint density at radius 3 is 2.38 bits per heavy atom. The summed E-state index contributed by atoms with van der Waals surface area (Å²) in [6, 6.07) is 13.9. The van der Waals surface area contributed by atoms with Gasteiger partial charge < -0.3 is 20.1 Å². The van der Waals surface area contributed by atoms with Crippen LogP contribution in [0.3, 0.4) is 0 Å². The molecule has 3 aromatic carbocycles. The largest absolute Gasteiger partial charge is 0.486 e. The minimum atomic E-state index is -4.06. The molecule has 0 spiro atoms. The molecule has 1 heterocycles. The van der Waals surface area contributed by atoms with E-state index in [4.69, 9.17) is 9.47 Å². The Labute approximate surface area is 194 Å². The summed E-state index contributed by atoms with van der Waals surface area (Å²) in [7, 11) is -4.06. The second-order valence-electron chi connectivity index (χ2n) is 7.29. The quantitative estimate of drug-likeness (QED) is 0.490. The number of ether oxygens (including phenoxy) is 2. The summed E-state index contributed by atoms with van der Waals surface area (Å²) in [5, 5.41) is 4.91. The number of nitrogens with one attached hydrogen (secondary N) is 3. The van der Waals surface area contributed by atoms with Crippen LogP contribution in [0.15, 0.2) is 65.6 Å². The second-order valence-corrected chi connectivity index (χ2v) is 8.97. The van der Waals surface area contributed by atoms with Gasteiger partial charge in [0.1, 0.15) is 19.0 Å². The molecular formula is C23H20FN3O6S. The number of benzene rings is 3. The van der Waals surface area contributed by atoms with E-state index in [9.17, 15) is 22.4 Å². The number of sulfonamides is 1. The van der Waals surface area contributed by atoms with E-state index < -0.39 is 27.7 Å². The van der Waals surface area contributed by atoms with Crippen LogP contribution in [0.1, 0.15) is 17.3 Å². The molecule has 3 aromatic rings. The molecule has 0 unspecified atom stereocenters. The van der Waals surface area contributed by atoms with Gasteiger partial charge in [-0.25, -0.2) is 12.8 Å². The van der Waals surface area contributed by atoms with Crippen LogP contribution in [0.25, 0.3) is 0 Å². The van der Waals surface area contributed by atoms with Crippen LogP contribution in [0.5, 0.6) is 11.5 Å². The molecule has 0 aliphatic carbocycles. The fourth-order valence-corrected chi connectivity index (χ4v) is 4.35. The number of anilines is 3. The average Bonchev–Trinajstić information content (AvgIpc) is 2.80. The van der Waals surface area contributed by atoms with Gasteiger partial charge in [-0.15, -0.1) is 0 Å². The van der Waals surface area contributed by atoms with E-state index in [0.29, 0.717) is 24.7 Å². The standard InChI is InChI=1S/C23H20FN3O6S/c1-14(28)25-20-12-15(6-8-18(20)24)26-23(29)17-4-2-3-5-19(17)27-34(30,31)16-7-9-21-22(13-16)33-11-10-32-21/h2-9,12-13,27H,10-11H2,1H3,(H,25,28)(H,26,29). The van der Waals surface area contributed by atoms with Crippen LogP contribution in [-0.2, 0) is 14.8 Å². The first-order valence-electron chi connectivity index (χ1n) is 10.1. The molecule has 0 bridgehead atoms. The molecule has 0 saturated carbocycles. The molecule has 1 aliphatic rings. The van der Waals surface area contributed by atoms with Gasteiger partial charge in [0.25, 0.3) is 15.9 Å². The van der Waals surface area contributed by atoms with E-state index in [1.54, 1.807) is 12.1 Å². The highest BCUT2D eigenvalue weighted by Gasteiger charge is 2.22. The number of hydrogen-bond donors (Lipinski definition) is 3. The number of halogens is 1. The lowest BCUT2D eigenvalue weighted by Crippen LogP contribution is -2.20. The Balaban J connectivity index is 1.57. The molecule has 0 saturated heterocycles. The zero-order chi connectivity index (χ0) is 24.3. The van der Waals surface area contributed by atoms with Crippen molar-refractivity contribution >= 4 is 38.9 Å². The predicted octanol–water partition coefficient (Wildman–Crippen LogP) is 3.61. The number of rotatable bonds is 6. The Morgan fingerprint density at radius 2 is 1.62 bits per heavy atom. The molecule has 3 N–H and O–H groups in total. The molecule has 0 fully saturated rings. The van der Waals surface area contributed by atoms with E-state index in [1.165, 1.54) is 49.4 Å². The summed E-state index contributed by atoms with van der Waals surface area (Å²) in [6.45, 7) is 1.91. The zero-order valence-electron chi connectivity index (χ0n) is 17.9. The van der Waals surface area contributed by atoms with Crippen LogP contribution in [0.4, 0.5) is 21.5 Å². The summed E-state index contributed by atoms with van der Waals surface area (Å²) in [5.41, 5.74) is 0.186. The lowest BCUT2D eigenvalue weighted by molar-refractivity contribution is -0.114. The van der Waals surface area contributed by atoms with Gasteiger partial charge in [-0.2, -0.15) is 0 Å². The fraction of sp³-hybridized carbons (Fsp3) is 0.130. The van der Waals surface area contributed by atoms with E-state index in [0.717, 1.165) is 6.07 Å². The van der Waals surface area contributed by atoms with Crippen molar-refractivity contribution in [1.82, 2.24) is 0 Å². The molecule has 176 valence electrons. The molecule has 1 aliphatic heterocycles. The van der Waals surface area contributed by atoms with Crippen LogP contribution in [-0.4, -0.2) is 33.4 Å².